The highest BCUT2D eigenvalue weighted by molar-refractivity contribution is 6.22. The van der Waals surface area contributed by atoms with Gasteiger partial charge in [-0.25, -0.2) is 0 Å². The topological polar surface area (TPSA) is 66.9 Å². The number of nitrogens with zero attached hydrogens (tertiary/aromatic N) is 2. The SMILES string of the molecule is O=C1c2ccccc2C(=O)N1CC(=O)N1c2ccccc2OC[C@@H]1c1ccccc1. The second-order valence-corrected chi connectivity index (χ2v) is 7.21. The molecule has 0 fully saturated rings. The maximum absolute atomic E-state index is 13.5. The lowest BCUT2D eigenvalue weighted by Gasteiger charge is -2.37. The third kappa shape index (κ3) is 2.85. The number of para-hydroxylation sites is 2. The van der Waals surface area contributed by atoms with Crippen LogP contribution in [0.1, 0.15) is 32.3 Å². The predicted octanol–water partition coefficient (Wildman–Crippen LogP) is 3.45. The Kier molecular flexibility index (Phi) is 4.32. The predicted molar refractivity (Wildman–Crippen MR) is 110 cm³/mol. The zero-order chi connectivity index (χ0) is 20.7. The van der Waals surface area contributed by atoms with Gasteiger partial charge < -0.3 is 4.74 Å². The van der Waals surface area contributed by atoms with Gasteiger partial charge in [-0.3, -0.25) is 24.2 Å². The van der Waals surface area contributed by atoms with Crippen LogP contribution in [0.25, 0.3) is 0 Å². The number of fused-ring (bicyclic) bond motifs is 2. The molecule has 0 saturated carbocycles. The average Bonchev–Trinajstić information content (AvgIpc) is 3.04. The fourth-order valence-electron chi connectivity index (χ4n) is 4.01. The van der Waals surface area contributed by atoms with Crippen molar-refractivity contribution in [1.29, 1.82) is 0 Å². The van der Waals surface area contributed by atoms with Gasteiger partial charge in [-0.2, -0.15) is 0 Å². The second kappa shape index (κ2) is 7.15. The van der Waals surface area contributed by atoms with Gasteiger partial charge in [-0.1, -0.05) is 54.6 Å². The number of ether oxygens (including phenoxy) is 1. The minimum Gasteiger partial charge on any atom is -0.489 e. The molecule has 2 aliphatic rings. The molecule has 6 heteroatoms. The van der Waals surface area contributed by atoms with Crippen LogP contribution in [0.4, 0.5) is 5.69 Å². The Hall–Kier alpha value is -3.93. The van der Waals surface area contributed by atoms with Crippen LogP contribution in [-0.4, -0.2) is 35.8 Å². The van der Waals surface area contributed by atoms with Gasteiger partial charge in [0.15, 0.2) is 0 Å². The van der Waals surface area contributed by atoms with E-state index in [9.17, 15) is 14.4 Å². The van der Waals surface area contributed by atoms with Gasteiger partial charge in [0.25, 0.3) is 11.8 Å². The molecule has 3 amide bonds. The quantitative estimate of drug-likeness (QED) is 0.634. The molecule has 30 heavy (non-hydrogen) atoms. The fourth-order valence-corrected chi connectivity index (χ4v) is 4.01. The smallest absolute Gasteiger partial charge is 0.262 e. The molecule has 0 unspecified atom stereocenters. The van der Waals surface area contributed by atoms with Crippen LogP contribution >= 0.6 is 0 Å². The molecule has 0 bridgehead atoms. The molecule has 0 saturated heterocycles. The lowest BCUT2D eigenvalue weighted by atomic mass is 10.0. The van der Waals surface area contributed by atoms with Gasteiger partial charge >= 0.3 is 0 Å². The number of imide groups is 1. The first-order chi connectivity index (χ1) is 14.6. The molecule has 2 aliphatic heterocycles. The van der Waals surface area contributed by atoms with Crippen molar-refractivity contribution in [3.05, 3.63) is 95.6 Å². The molecule has 0 N–H and O–H groups in total. The first-order valence-corrected chi connectivity index (χ1v) is 9.69. The number of rotatable bonds is 3. The Labute approximate surface area is 173 Å². The van der Waals surface area contributed by atoms with E-state index in [4.69, 9.17) is 4.74 Å². The van der Waals surface area contributed by atoms with Crippen molar-refractivity contribution in [2.45, 2.75) is 6.04 Å². The van der Waals surface area contributed by atoms with E-state index in [2.05, 4.69) is 0 Å². The molecule has 148 valence electrons. The number of anilines is 1. The van der Waals surface area contributed by atoms with Crippen LogP contribution in [0, 0.1) is 0 Å². The molecule has 0 spiro atoms. The summed E-state index contributed by atoms with van der Waals surface area (Å²) in [7, 11) is 0. The van der Waals surface area contributed by atoms with Crippen molar-refractivity contribution in [3.8, 4) is 5.75 Å². The number of hydrogen-bond donors (Lipinski definition) is 0. The summed E-state index contributed by atoms with van der Waals surface area (Å²) in [6.07, 6.45) is 0. The monoisotopic (exact) mass is 398 g/mol. The van der Waals surface area contributed by atoms with Crippen LogP contribution in [0.3, 0.4) is 0 Å². The summed E-state index contributed by atoms with van der Waals surface area (Å²) >= 11 is 0. The Morgan fingerprint density at radius 3 is 2.13 bits per heavy atom. The minimum absolute atomic E-state index is 0.287. The third-order valence-corrected chi connectivity index (χ3v) is 5.46. The van der Waals surface area contributed by atoms with Gasteiger partial charge in [0.1, 0.15) is 18.9 Å². The van der Waals surface area contributed by atoms with Crippen molar-refractivity contribution in [3.63, 3.8) is 0 Å². The highest BCUT2D eigenvalue weighted by Gasteiger charge is 2.40. The number of amides is 3. The lowest BCUT2D eigenvalue weighted by molar-refractivity contribution is -0.119. The van der Waals surface area contributed by atoms with Crippen molar-refractivity contribution >= 4 is 23.4 Å². The summed E-state index contributed by atoms with van der Waals surface area (Å²) in [6.45, 7) is -0.0428. The Balaban J connectivity index is 1.50. The van der Waals surface area contributed by atoms with E-state index in [1.54, 1.807) is 35.2 Å². The van der Waals surface area contributed by atoms with Gasteiger partial charge in [-0.15, -0.1) is 0 Å². The summed E-state index contributed by atoms with van der Waals surface area (Å²) in [5, 5.41) is 0. The average molecular weight is 398 g/mol. The summed E-state index contributed by atoms with van der Waals surface area (Å²) < 4.78 is 5.89. The molecule has 0 aliphatic carbocycles. The maximum atomic E-state index is 13.5. The number of carbonyl (C=O) groups excluding carboxylic acids is 3. The molecule has 5 rings (SSSR count). The summed E-state index contributed by atoms with van der Waals surface area (Å²) in [4.78, 5) is 41.6. The number of hydrogen-bond acceptors (Lipinski definition) is 4. The summed E-state index contributed by atoms with van der Waals surface area (Å²) in [6, 6.07) is 23.1. The van der Waals surface area contributed by atoms with Crippen LogP contribution in [0.2, 0.25) is 0 Å². The third-order valence-electron chi connectivity index (χ3n) is 5.46. The molecular formula is C24H18N2O4. The molecule has 6 nitrogen and oxygen atoms in total. The molecule has 0 radical (unpaired) electrons. The van der Waals surface area contributed by atoms with Gasteiger partial charge in [-0.05, 0) is 29.8 Å². The van der Waals surface area contributed by atoms with Crippen molar-refractivity contribution in [2.24, 2.45) is 0 Å². The summed E-state index contributed by atoms with van der Waals surface area (Å²) in [5.41, 5.74) is 2.21. The van der Waals surface area contributed by atoms with Crippen LogP contribution in [0.15, 0.2) is 78.9 Å². The first-order valence-electron chi connectivity index (χ1n) is 9.69. The summed E-state index contributed by atoms with van der Waals surface area (Å²) in [5.74, 6) is -0.627. The molecule has 3 aromatic rings. The standard InChI is InChI=1S/C24H18N2O4/c27-22(14-25-23(28)17-10-4-5-11-18(17)24(25)29)26-19-12-6-7-13-21(19)30-15-20(26)16-8-2-1-3-9-16/h1-13,20H,14-15H2/t20-/m1/s1. The molecule has 1 atom stereocenters. The van der Waals surface area contributed by atoms with Crippen LogP contribution in [0.5, 0.6) is 5.75 Å². The van der Waals surface area contributed by atoms with Crippen molar-refractivity contribution < 1.29 is 19.1 Å². The highest BCUT2D eigenvalue weighted by atomic mass is 16.5. The van der Waals surface area contributed by atoms with E-state index < -0.39 is 11.8 Å². The Morgan fingerprint density at radius 2 is 1.43 bits per heavy atom. The second-order valence-electron chi connectivity index (χ2n) is 7.21. The first kappa shape index (κ1) is 18.1. The van der Waals surface area contributed by atoms with Gasteiger partial charge in [0.2, 0.25) is 5.91 Å². The van der Waals surface area contributed by atoms with Crippen molar-refractivity contribution in [1.82, 2.24) is 4.90 Å². The van der Waals surface area contributed by atoms with E-state index in [1.807, 2.05) is 48.5 Å². The van der Waals surface area contributed by atoms with E-state index in [0.29, 0.717) is 22.6 Å². The zero-order valence-corrected chi connectivity index (χ0v) is 16.0. The van der Waals surface area contributed by atoms with Crippen LogP contribution in [-0.2, 0) is 4.79 Å². The molecular weight excluding hydrogens is 380 g/mol. The Morgan fingerprint density at radius 1 is 0.833 bits per heavy atom. The van der Waals surface area contributed by atoms with E-state index in [-0.39, 0.29) is 25.1 Å². The fraction of sp³-hybridized carbons (Fsp3) is 0.125. The van der Waals surface area contributed by atoms with E-state index >= 15 is 0 Å². The zero-order valence-electron chi connectivity index (χ0n) is 16.0. The van der Waals surface area contributed by atoms with Crippen LogP contribution < -0.4 is 9.64 Å². The molecule has 2 heterocycles. The van der Waals surface area contributed by atoms with E-state index in [1.165, 1.54) is 0 Å². The number of benzene rings is 3. The van der Waals surface area contributed by atoms with E-state index in [0.717, 1.165) is 10.5 Å². The Bertz CT molecular complexity index is 1120. The number of carbonyl (C=O) groups is 3. The largest absolute Gasteiger partial charge is 0.489 e. The van der Waals surface area contributed by atoms with Gasteiger partial charge in [0, 0.05) is 0 Å². The minimum atomic E-state index is -0.443. The highest BCUT2D eigenvalue weighted by Crippen LogP contribution is 2.39. The molecule has 3 aromatic carbocycles. The lowest BCUT2D eigenvalue weighted by Crippen LogP contribution is -2.47. The normalized spacial score (nSPS) is 17.4. The van der Waals surface area contributed by atoms with Gasteiger partial charge in [0.05, 0.1) is 22.9 Å². The van der Waals surface area contributed by atoms with Crippen molar-refractivity contribution in [2.75, 3.05) is 18.1 Å². The molecule has 0 aromatic heterocycles. The maximum Gasteiger partial charge on any atom is 0.262 e.